The minimum atomic E-state index is -1.13. The van der Waals surface area contributed by atoms with E-state index >= 15 is 0 Å². The highest BCUT2D eigenvalue weighted by molar-refractivity contribution is 5.94. The molecule has 2 heterocycles. The van der Waals surface area contributed by atoms with Gasteiger partial charge in [-0.25, -0.2) is 14.2 Å². The van der Waals surface area contributed by atoms with E-state index in [9.17, 15) is 14.0 Å². The van der Waals surface area contributed by atoms with E-state index in [1.54, 1.807) is 32.9 Å². The number of aromatic nitrogens is 2. The molecule has 0 bridgehead atoms. The highest BCUT2D eigenvalue weighted by Crippen LogP contribution is 2.29. The highest BCUT2D eigenvalue weighted by Gasteiger charge is 2.19. The maximum absolute atomic E-state index is 13.4. The lowest BCUT2D eigenvalue weighted by Gasteiger charge is -2.20. The molecule has 7 nitrogen and oxygen atoms in total. The van der Waals surface area contributed by atoms with Gasteiger partial charge in [-0.2, -0.15) is 0 Å². The van der Waals surface area contributed by atoms with Crippen LogP contribution in [-0.2, 0) is 9.53 Å². The summed E-state index contributed by atoms with van der Waals surface area (Å²) in [7, 11) is 0. The Morgan fingerprint density at radius 2 is 1.85 bits per heavy atom. The third kappa shape index (κ3) is 6.02. The van der Waals surface area contributed by atoms with Gasteiger partial charge in [0, 0.05) is 36.5 Å². The van der Waals surface area contributed by atoms with Gasteiger partial charge >= 0.3 is 6.09 Å². The van der Waals surface area contributed by atoms with Gasteiger partial charge in [-0.3, -0.25) is 15.1 Å². The van der Waals surface area contributed by atoms with E-state index in [2.05, 4.69) is 20.6 Å². The van der Waals surface area contributed by atoms with Crippen molar-refractivity contribution in [2.75, 3.05) is 10.6 Å². The van der Waals surface area contributed by atoms with E-state index in [-0.39, 0.29) is 11.7 Å². The van der Waals surface area contributed by atoms with Crippen LogP contribution in [0.1, 0.15) is 46.4 Å². The van der Waals surface area contributed by atoms with Crippen molar-refractivity contribution in [3.05, 3.63) is 36.2 Å². The quantitative estimate of drug-likeness (QED) is 0.823. The Morgan fingerprint density at radius 1 is 1.15 bits per heavy atom. The first-order valence-corrected chi connectivity index (χ1v) is 8.43. The van der Waals surface area contributed by atoms with Gasteiger partial charge in [0.1, 0.15) is 17.6 Å². The number of anilines is 2. The van der Waals surface area contributed by atoms with Gasteiger partial charge in [-0.1, -0.05) is 6.07 Å². The number of pyridine rings is 2. The molecule has 0 spiro atoms. The normalized spacial score (nSPS) is 12.2. The number of amides is 2. The molecule has 8 heteroatoms. The summed E-state index contributed by atoms with van der Waals surface area (Å²) in [5.74, 6) is -0.0239. The molecule has 0 fully saturated rings. The average Bonchev–Trinajstić information content (AvgIpc) is 2.52. The number of nitrogens with one attached hydrogen (secondary N) is 2. The number of carbonyl (C=O) groups is 2. The van der Waals surface area contributed by atoms with Crippen LogP contribution in [0, 0.1) is 0 Å². The Labute approximate surface area is 157 Å². The van der Waals surface area contributed by atoms with Crippen LogP contribution in [0.5, 0.6) is 0 Å². The predicted octanol–water partition coefficient (Wildman–Crippen LogP) is 4.48. The molecule has 2 rings (SSSR count). The van der Waals surface area contributed by atoms with Gasteiger partial charge in [0.25, 0.3) is 0 Å². The Balaban J connectivity index is 2.39. The van der Waals surface area contributed by atoms with Crippen molar-refractivity contribution in [2.45, 2.75) is 46.4 Å². The number of alkyl halides is 1. The molecular formula is C19H23FN4O3. The Morgan fingerprint density at radius 3 is 2.37 bits per heavy atom. The summed E-state index contributed by atoms with van der Waals surface area (Å²) in [6.45, 7) is 8.04. The lowest BCUT2D eigenvalue weighted by atomic mass is 10.1. The largest absolute Gasteiger partial charge is 0.444 e. The zero-order valence-electron chi connectivity index (χ0n) is 16.0. The molecule has 1 atom stereocenters. The van der Waals surface area contributed by atoms with Crippen LogP contribution in [0.25, 0.3) is 11.3 Å². The van der Waals surface area contributed by atoms with Crippen LogP contribution in [0.4, 0.5) is 20.7 Å². The summed E-state index contributed by atoms with van der Waals surface area (Å²) >= 11 is 0. The second kappa shape index (κ2) is 8.11. The molecule has 2 aromatic heterocycles. The second-order valence-electron chi connectivity index (χ2n) is 7.02. The number of hydrogen-bond donors (Lipinski definition) is 2. The molecule has 1 unspecified atom stereocenters. The monoisotopic (exact) mass is 374 g/mol. The van der Waals surface area contributed by atoms with Crippen molar-refractivity contribution >= 4 is 23.5 Å². The Bertz CT molecular complexity index is 830. The molecule has 0 aliphatic carbocycles. The van der Waals surface area contributed by atoms with Gasteiger partial charge in [-0.15, -0.1) is 0 Å². The number of nitrogens with zero attached hydrogens (tertiary/aromatic N) is 2. The van der Waals surface area contributed by atoms with Crippen LogP contribution in [0.2, 0.25) is 0 Å². The fourth-order valence-electron chi connectivity index (χ4n) is 2.23. The standard InChI is InChI=1S/C19H23FN4O3/c1-11(20)13-6-7-15(21-9-13)14-10-22-17(23-12(2)25)8-16(14)24-18(26)27-19(3,4)5/h6-11H,1-5H3,(H2,22,23,24,25,26). The van der Waals surface area contributed by atoms with Gasteiger partial charge < -0.3 is 10.1 Å². The first kappa shape index (κ1) is 20.3. The number of ether oxygens (including phenoxy) is 1. The van der Waals surface area contributed by atoms with E-state index in [1.807, 2.05) is 0 Å². The predicted molar refractivity (Wildman–Crippen MR) is 101 cm³/mol. The third-order valence-electron chi connectivity index (χ3n) is 3.37. The van der Waals surface area contributed by atoms with E-state index in [4.69, 9.17) is 4.74 Å². The van der Waals surface area contributed by atoms with Crippen molar-refractivity contribution in [3.8, 4) is 11.3 Å². The van der Waals surface area contributed by atoms with Crippen LogP contribution in [0.15, 0.2) is 30.6 Å². The van der Waals surface area contributed by atoms with Crippen molar-refractivity contribution in [2.24, 2.45) is 0 Å². The molecular weight excluding hydrogens is 351 g/mol. The lowest BCUT2D eigenvalue weighted by Crippen LogP contribution is -2.27. The van der Waals surface area contributed by atoms with Gasteiger partial charge in [0.15, 0.2) is 0 Å². The molecule has 0 aliphatic rings. The first-order valence-electron chi connectivity index (χ1n) is 8.43. The molecule has 2 aromatic rings. The number of rotatable bonds is 4. The molecule has 0 radical (unpaired) electrons. The van der Waals surface area contributed by atoms with Crippen LogP contribution in [-0.4, -0.2) is 27.6 Å². The topological polar surface area (TPSA) is 93.2 Å². The summed E-state index contributed by atoms with van der Waals surface area (Å²) in [6.07, 6.45) is 1.11. The van der Waals surface area contributed by atoms with Gasteiger partial charge in [0.05, 0.1) is 11.4 Å². The SMILES string of the molecule is CC(=O)Nc1cc(NC(=O)OC(C)(C)C)c(-c2ccc(C(C)F)cn2)cn1. The zero-order valence-corrected chi connectivity index (χ0v) is 16.0. The summed E-state index contributed by atoms with van der Waals surface area (Å²) in [4.78, 5) is 31.9. The van der Waals surface area contributed by atoms with Crippen LogP contribution in [0.3, 0.4) is 0 Å². The minimum Gasteiger partial charge on any atom is -0.444 e. The van der Waals surface area contributed by atoms with E-state index in [0.29, 0.717) is 22.5 Å². The highest BCUT2D eigenvalue weighted by atomic mass is 19.1. The maximum atomic E-state index is 13.4. The molecule has 2 N–H and O–H groups in total. The minimum absolute atomic E-state index is 0.270. The smallest absolute Gasteiger partial charge is 0.412 e. The fourth-order valence-corrected chi connectivity index (χ4v) is 2.23. The average molecular weight is 374 g/mol. The molecule has 0 aromatic carbocycles. The zero-order chi connectivity index (χ0) is 20.2. The van der Waals surface area contributed by atoms with Crippen molar-refractivity contribution in [1.29, 1.82) is 0 Å². The second-order valence-corrected chi connectivity index (χ2v) is 7.02. The number of carbonyl (C=O) groups excluding carboxylic acids is 2. The Hall–Kier alpha value is -3.03. The molecule has 2 amide bonds. The van der Waals surface area contributed by atoms with E-state index < -0.39 is 17.9 Å². The van der Waals surface area contributed by atoms with E-state index in [1.165, 1.54) is 32.3 Å². The number of halogens is 1. The molecule has 0 saturated heterocycles. The third-order valence-corrected chi connectivity index (χ3v) is 3.37. The van der Waals surface area contributed by atoms with Crippen LogP contribution >= 0.6 is 0 Å². The van der Waals surface area contributed by atoms with Crippen molar-refractivity contribution in [1.82, 2.24) is 9.97 Å². The van der Waals surface area contributed by atoms with E-state index in [0.717, 1.165) is 0 Å². The summed E-state index contributed by atoms with van der Waals surface area (Å²) in [5.41, 5.74) is 1.13. The summed E-state index contributed by atoms with van der Waals surface area (Å²) in [5, 5.41) is 5.21. The summed E-state index contributed by atoms with van der Waals surface area (Å²) in [6, 6.07) is 4.76. The molecule has 0 aliphatic heterocycles. The summed E-state index contributed by atoms with van der Waals surface area (Å²) < 4.78 is 18.7. The van der Waals surface area contributed by atoms with Crippen molar-refractivity contribution < 1.29 is 18.7 Å². The molecule has 144 valence electrons. The fraction of sp³-hybridized carbons (Fsp3) is 0.368. The molecule has 0 saturated carbocycles. The van der Waals surface area contributed by atoms with Crippen molar-refractivity contribution in [3.63, 3.8) is 0 Å². The van der Waals surface area contributed by atoms with Gasteiger partial charge in [-0.05, 0) is 33.8 Å². The first-order chi connectivity index (χ1) is 12.5. The van der Waals surface area contributed by atoms with Gasteiger partial charge in [0.2, 0.25) is 5.91 Å². The molecule has 27 heavy (non-hydrogen) atoms. The maximum Gasteiger partial charge on any atom is 0.412 e. The number of hydrogen-bond acceptors (Lipinski definition) is 5. The Kier molecular flexibility index (Phi) is 6.09. The lowest BCUT2D eigenvalue weighted by molar-refractivity contribution is -0.114. The van der Waals surface area contributed by atoms with Crippen LogP contribution < -0.4 is 10.6 Å².